The maximum atomic E-state index is 10.9. The Labute approximate surface area is 85.2 Å². The van der Waals surface area contributed by atoms with Gasteiger partial charge in [-0.2, -0.15) is 8.42 Å². The highest BCUT2D eigenvalue weighted by Crippen LogP contribution is 2.25. The van der Waals surface area contributed by atoms with Crippen LogP contribution in [0.15, 0.2) is 24.4 Å². The molecule has 6 heteroatoms. The first-order valence-corrected chi connectivity index (χ1v) is 5.64. The zero-order valence-corrected chi connectivity index (χ0v) is 8.60. The molecule has 0 atom stereocenters. The Morgan fingerprint density at radius 1 is 1.43 bits per heavy atom. The van der Waals surface area contributed by atoms with E-state index in [0.29, 0.717) is 15.2 Å². The molecule has 2 heterocycles. The molecule has 14 heavy (non-hydrogen) atoms. The number of hydrogen-bond donors (Lipinski definition) is 1. The van der Waals surface area contributed by atoms with Gasteiger partial charge >= 0.3 is 0 Å². The third-order valence-corrected chi connectivity index (χ3v) is 3.50. The minimum Gasteiger partial charge on any atom is -0.391 e. The van der Waals surface area contributed by atoms with Crippen LogP contribution >= 0.6 is 11.3 Å². The number of anilines is 1. The summed E-state index contributed by atoms with van der Waals surface area (Å²) in [6.45, 7) is 0. The second-order valence-electron chi connectivity index (χ2n) is 2.60. The second kappa shape index (κ2) is 3.39. The van der Waals surface area contributed by atoms with E-state index in [1.165, 1.54) is 17.4 Å². The molecule has 0 unspecified atom stereocenters. The van der Waals surface area contributed by atoms with E-state index >= 15 is 0 Å². The van der Waals surface area contributed by atoms with Gasteiger partial charge in [-0.25, -0.2) is 0 Å². The summed E-state index contributed by atoms with van der Waals surface area (Å²) in [5.74, 6) is 0. The Morgan fingerprint density at radius 2 is 2.21 bits per heavy atom. The molecule has 0 bridgehead atoms. The van der Waals surface area contributed by atoms with Crippen LogP contribution in [0.25, 0.3) is 10.2 Å². The zero-order valence-electron chi connectivity index (χ0n) is 6.97. The van der Waals surface area contributed by atoms with E-state index in [0.717, 1.165) is 0 Å². The van der Waals surface area contributed by atoms with Crippen molar-refractivity contribution in [2.45, 2.75) is 0 Å². The van der Waals surface area contributed by atoms with Gasteiger partial charge in [0.05, 0.1) is 15.2 Å². The second-order valence-corrected chi connectivity index (χ2v) is 4.59. The van der Waals surface area contributed by atoms with Crippen LogP contribution < -0.4 is 5.73 Å². The van der Waals surface area contributed by atoms with Gasteiger partial charge in [0.2, 0.25) is 10.3 Å². The van der Waals surface area contributed by atoms with Gasteiger partial charge in [-0.15, -0.1) is 11.3 Å². The number of hydrogen-bond acceptors (Lipinski definition) is 5. The van der Waals surface area contributed by atoms with Crippen LogP contribution in [0.3, 0.4) is 0 Å². The Morgan fingerprint density at radius 3 is 2.93 bits per heavy atom. The quantitative estimate of drug-likeness (QED) is 0.687. The SMILES string of the molecule is Nc1cc2ncccc(=S(=O)=O)c2s1. The van der Waals surface area contributed by atoms with Crippen molar-refractivity contribution in [1.82, 2.24) is 4.98 Å². The van der Waals surface area contributed by atoms with Crippen LogP contribution in [0.1, 0.15) is 0 Å². The van der Waals surface area contributed by atoms with Crippen molar-refractivity contribution in [1.29, 1.82) is 0 Å². The van der Waals surface area contributed by atoms with E-state index in [1.54, 1.807) is 18.3 Å². The fourth-order valence-electron chi connectivity index (χ4n) is 1.13. The van der Waals surface area contributed by atoms with Gasteiger partial charge in [0.15, 0.2) is 0 Å². The molecule has 0 aliphatic carbocycles. The molecule has 0 saturated heterocycles. The summed E-state index contributed by atoms with van der Waals surface area (Å²) in [4.78, 5) is 4.06. The van der Waals surface area contributed by atoms with Crippen molar-refractivity contribution in [3.63, 3.8) is 0 Å². The molecule has 0 radical (unpaired) electrons. The molecular formula is C8H6N2O2S2. The number of aromatic nitrogens is 1. The number of thiophene rings is 1. The van der Waals surface area contributed by atoms with Gasteiger partial charge in [0.25, 0.3) is 0 Å². The van der Waals surface area contributed by atoms with Crippen LogP contribution in [-0.4, -0.2) is 13.4 Å². The van der Waals surface area contributed by atoms with Crippen LogP contribution in [0, 0.1) is 4.51 Å². The van der Waals surface area contributed by atoms with Crippen molar-refractivity contribution in [2.75, 3.05) is 5.73 Å². The smallest absolute Gasteiger partial charge is 0.222 e. The number of fused-ring (bicyclic) bond motifs is 1. The van der Waals surface area contributed by atoms with Gasteiger partial charge in [-0.05, 0) is 18.2 Å². The van der Waals surface area contributed by atoms with Gasteiger partial charge in [-0.1, -0.05) is 0 Å². The summed E-state index contributed by atoms with van der Waals surface area (Å²) in [5.41, 5.74) is 6.19. The molecular weight excluding hydrogens is 220 g/mol. The molecule has 0 fully saturated rings. The number of nitrogens with zero attached hydrogens (tertiary/aromatic N) is 1. The largest absolute Gasteiger partial charge is 0.391 e. The van der Waals surface area contributed by atoms with E-state index in [9.17, 15) is 8.42 Å². The summed E-state index contributed by atoms with van der Waals surface area (Å²) >= 11 is 1.22. The maximum absolute atomic E-state index is 10.9. The van der Waals surface area contributed by atoms with Crippen LogP contribution in [0.5, 0.6) is 0 Å². The third-order valence-electron chi connectivity index (χ3n) is 1.68. The highest BCUT2D eigenvalue weighted by Gasteiger charge is 2.00. The number of rotatable bonds is 0. The number of nitrogen functional groups attached to an aromatic ring is 1. The van der Waals surface area contributed by atoms with Crippen LogP contribution in [0.2, 0.25) is 0 Å². The zero-order chi connectivity index (χ0) is 10.1. The Kier molecular flexibility index (Phi) is 2.22. The molecule has 2 aromatic heterocycles. The minimum absolute atomic E-state index is 0.235. The highest BCUT2D eigenvalue weighted by atomic mass is 32.2. The van der Waals surface area contributed by atoms with E-state index in [2.05, 4.69) is 4.98 Å². The van der Waals surface area contributed by atoms with Crippen molar-refractivity contribution >= 4 is 36.8 Å². The highest BCUT2D eigenvalue weighted by molar-refractivity contribution is 7.64. The van der Waals surface area contributed by atoms with Crippen molar-refractivity contribution in [3.8, 4) is 0 Å². The molecule has 0 spiro atoms. The topological polar surface area (TPSA) is 73.0 Å². The molecule has 2 aromatic rings. The lowest BCUT2D eigenvalue weighted by Gasteiger charge is -1.75. The fourth-order valence-corrected chi connectivity index (χ4v) is 2.70. The fraction of sp³-hybridized carbons (Fsp3) is 0. The lowest BCUT2D eigenvalue weighted by atomic mass is 10.4. The van der Waals surface area contributed by atoms with Crippen molar-refractivity contribution in [3.05, 3.63) is 28.9 Å². The molecule has 2 N–H and O–H groups in total. The first kappa shape index (κ1) is 9.17. The Balaban J connectivity index is 3.22. The molecule has 0 aliphatic rings. The maximum Gasteiger partial charge on any atom is 0.222 e. The molecule has 0 aliphatic heterocycles. The molecule has 2 rings (SSSR count). The monoisotopic (exact) mass is 226 g/mol. The summed E-state index contributed by atoms with van der Waals surface area (Å²) in [7, 11) is -2.26. The third kappa shape index (κ3) is 1.49. The standard InChI is InChI=1S/C8H6N2O2S2/c9-7-4-5-8(13-7)6(14(11)12)2-1-3-10-5/h1-4H,9H2. The van der Waals surface area contributed by atoms with Gasteiger partial charge in [0.1, 0.15) is 4.51 Å². The van der Waals surface area contributed by atoms with Crippen molar-refractivity contribution < 1.29 is 8.42 Å². The van der Waals surface area contributed by atoms with E-state index in [1.807, 2.05) is 0 Å². The first-order chi connectivity index (χ1) is 6.68. The summed E-state index contributed by atoms with van der Waals surface area (Å²) in [6, 6.07) is 4.76. The predicted octanol–water partition coefficient (Wildman–Crippen LogP) is 1.29. The van der Waals surface area contributed by atoms with Crippen molar-refractivity contribution in [2.24, 2.45) is 0 Å². The van der Waals surface area contributed by atoms with Gasteiger partial charge in [-0.3, -0.25) is 4.98 Å². The van der Waals surface area contributed by atoms with Crippen LogP contribution in [-0.2, 0) is 10.3 Å². The molecule has 0 aromatic carbocycles. The molecule has 72 valence electrons. The average molecular weight is 226 g/mol. The Hall–Kier alpha value is -1.40. The Bertz CT molecular complexity index is 650. The summed E-state index contributed by atoms with van der Waals surface area (Å²) in [5, 5.41) is 0.561. The lowest BCUT2D eigenvalue weighted by molar-refractivity contribution is 0.625. The molecule has 0 amide bonds. The first-order valence-electron chi connectivity index (χ1n) is 3.75. The number of nitrogens with two attached hydrogens (primary N) is 1. The predicted molar refractivity (Wildman–Crippen MR) is 56.2 cm³/mol. The molecule has 4 nitrogen and oxygen atoms in total. The van der Waals surface area contributed by atoms with E-state index in [-0.39, 0.29) is 4.51 Å². The summed E-state index contributed by atoms with van der Waals surface area (Å²) in [6.07, 6.45) is 1.55. The summed E-state index contributed by atoms with van der Waals surface area (Å²) < 4.78 is 22.6. The van der Waals surface area contributed by atoms with E-state index in [4.69, 9.17) is 5.73 Å². The van der Waals surface area contributed by atoms with Gasteiger partial charge < -0.3 is 5.73 Å². The van der Waals surface area contributed by atoms with E-state index < -0.39 is 10.3 Å². The minimum atomic E-state index is -2.26. The average Bonchev–Trinajstić information content (AvgIpc) is 2.35. The van der Waals surface area contributed by atoms with Gasteiger partial charge in [0, 0.05) is 6.20 Å². The van der Waals surface area contributed by atoms with Crippen LogP contribution in [0.4, 0.5) is 5.00 Å². The normalized spacial score (nSPS) is 10.3. The lowest BCUT2D eigenvalue weighted by Crippen LogP contribution is -1.73. The molecule has 0 saturated carbocycles.